The lowest BCUT2D eigenvalue weighted by Gasteiger charge is -2.17. The number of benzene rings is 3. The molecule has 0 bridgehead atoms. The third kappa shape index (κ3) is 5.56. The summed E-state index contributed by atoms with van der Waals surface area (Å²) >= 11 is 18.4. The standard InChI is InChI=1S/C26H20Cl3N3O5S/c1-13-7-8-17(27)16(9-13)26(35)32-21-10-18(28)20(11-22(21)33)31-25(34)14(2)38(36,37)23-12-24(29)30-19-6-4-3-5-15(19)23/h3-12,14,33H,1-2H3,(H,31,34)(H,32,35). The molecule has 38 heavy (non-hydrogen) atoms. The van der Waals surface area contributed by atoms with Gasteiger partial charge < -0.3 is 15.7 Å². The smallest absolute Gasteiger partial charge is 0.257 e. The molecule has 1 heterocycles. The van der Waals surface area contributed by atoms with Gasteiger partial charge in [0.2, 0.25) is 5.91 Å². The maximum Gasteiger partial charge on any atom is 0.257 e. The zero-order chi connectivity index (χ0) is 27.8. The molecule has 4 rings (SSSR count). The van der Waals surface area contributed by atoms with Crippen LogP contribution in [0.1, 0.15) is 22.8 Å². The summed E-state index contributed by atoms with van der Waals surface area (Å²) in [5, 5.41) is 14.3. The fourth-order valence-electron chi connectivity index (χ4n) is 3.67. The Kier molecular flexibility index (Phi) is 7.85. The largest absolute Gasteiger partial charge is 0.506 e. The van der Waals surface area contributed by atoms with Crippen molar-refractivity contribution in [1.29, 1.82) is 0 Å². The molecule has 0 saturated heterocycles. The molecule has 0 spiro atoms. The minimum absolute atomic E-state index is 0.0332. The first-order chi connectivity index (χ1) is 17.9. The van der Waals surface area contributed by atoms with E-state index in [2.05, 4.69) is 15.6 Å². The lowest BCUT2D eigenvalue weighted by Crippen LogP contribution is -2.33. The minimum atomic E-state index is -4.20. The molecular weight excluding hydrogens is 573 g/mol. The van der Waals surface area contributed by atoms with Gasteiger partial charge >= 0.3 is 0 Å². The second-order valence-electron chi connectivity index (χ2n) is 8.42. The average Bonchev–Trinajstić information content (AvgIpc) is 2.87. The molecule has 3 aromatic carbocycles. The normalized spacial score (nSPS) is 12.2. The maximum absolute atomic E-state index is 13.4. The van der Waals surface area contributed by atoms with Crippen molar-refractivity contribution in [1.82, 2.24) is 4.98 Å². The number of hydrogen-bond acceptors (Lipinski definition) is 6. The predicted molar refractivity (Wildman–Crippen MR) is 149 cm³/mol. The highest BCUT2D eigenvalue weighted by Gasteiger charge is 2.32. The van der Waals surface area contributed by atoms with Crippen LogP contribution in [0.4, 0.5) is 11.4 Å². The number of aryl methyl sites for hydroxylation is 1. The van der Waals surface area contributed by atoms with E-state index in [-0.39, 0.29) is 37.0 Å². The molecule has 12 heteroatoms. The Hall–Kier alpha value is -3.37. The number of nitrogens with one attached hydrogen (secondary N) is 2. The van der Waals surface area contributed by atoms with Crippen molar-refractivity contribution >= 4 is 78.7 Å². The van der Waals surface area contributed by atoms with Crippen LogP contribution < -0.4 is 10.6 Å². The van der Waals surface area contributed by atoms with Gasteiger partial charge in [-0.05, 0) is 44.2 Å². The summed E-state index contributed by atoms with van der Waals surface area (Å²) in [5.74, 6) is -1.89. The molecule has 1 unspecified atom stereocenters. The molecule has 8 nitrogen and oxygen atoms in total. The molecule has 196 valence electrons. The van der Waals surface area contributed by atoms with Gasteiger partial charge in [0, 0.05) is 11.5 Å². The number of hydrogen-bond donors (Lipinski definition) is 3. The van der Waals surface area contributed by atoms with E-state index in [1.807, 2.05) is 0 Å². The lowest BCUT2D eigenvalue weighted by atomic mass is 10.1. The molecule has 0 aliphatic carbocycles. The second-order valence-corrected chi connectivity index (χ2v) is 11.9. The van der Waals surface area contributed by atoms with Gasteiger partial charge in [-0.15, -0.1) is 0 Å². The van der Waals surface area contributed by atoms with Crippen LogP contribution in [-0.4, -0.2) is 35.6 Å². The van der Waals surface area contributed by atoms with Crippen molar-refractivity contribution in [3.63, 3.8) is 0 Å². The number of fused-ring (bicyclic) bond motifs is 1. The van der Waals surface area contributed by atoms with E-state index in [0.717, 1.165) is 11.6 Å². The number of amides is 2. The number of carbonyl (C=O) groups excluding carboxylic acids is 2. The van der Waals surface area contributed by atoms with E-state index < -0.39 is 32.7 Å². The molecule has 0 aliphatic heterocycles. The Morgan fingerprint density at radius 1 is 0.921 bits per heavy atom. The van der Waals surface area contributed by atoms with E-state index in [1.54, 1.807) is 49.4 Å². The second kappa shape index (κ2) is 10.8. The molecule has 4 aromatic rings. The fraction of sp³-hybridized carbons (Fsp3) is 0.115. The Balaban J connectivity index is 1.57. The number of sulfone groups is 1. The molecule has 0 saturated carbocycles. The van der Waals surface area contributed by atoms with Crippen LogP contribution >= 0.6 is 34.8 Å². The van der Waals surface area contributed by atoms with Crippen molar-refractivity contribution in [2.75, 3.05) is 10.6 Å². The summed E-state index contributed by atoms with van der Waals surface area (Å²) in [6, 6.07) is 15.0. The van der Waals surface area contributed by atoms with Gasteiger partial charge in [0.15, 0.2) is 9.84 Å². The molecule has 2 amide bonds. The first-order valence-corrected chi connectivity index (χ1v) is 13.8. The average molecular weight is 593 g/mol. The van der Waals surface area contributed by atoms with E-state index in [1.165, 1.54) is 19.1 Å². The number of para-hydroxylation sites is 1. The number of aromatic hydroxyl groups is 1. The van der Waals surface area contributed by atoms with Gasteiger partial charge in [-0.25, -0.2) is 13.4 Å². The molecule has 0 radical (unpaired) electrons. The summed E-state index contributed by atoms with van der Waals surface area (Å²) < 4.78 is 26.7. The number of anilines is 2. The van der Waals surface area contributed by atoms with Crippen LogP contribution in [0.5, 0.6) is 5.75 Å². The van der Waals surface area contributed by atoms with E-state index in [9.17, 15) is 23.1 Å². The van der Waals surface area contributed by atoms with Gasteiger partial charge in [-0.1, -0.05) is 64.6 Å². The zero-order valence-corrected chi connectivity index (χ0v) is 23.0. The summed E-state index contributed by atoms with van der Waals surface area (Å²) in [4.78, 5) is 29.6. The van der Waals surface area contributed by atoms with Crippen molar-refractivity contribution in [2.24, 2.45) is 0 Å². The summed E-state index contributed by atoms with van der Waals surface area (Å²) in [6.07, 6.45) is 0. The Labute approximate surface area is 233 Å². The van der Waals surface area contributed by atoms with E-state index in [4.69, 9.17) is 34.8 Å². The number of nitrogens with zero attached hydrogens (tertiary/aromatic N) is 1. The summed E-state index contributed by atoms with van der Waals surface area (Å²) in [6.45, 7) is 3.02. The van der Waals surface area contributed by atoms with Gasteiger partial charge in [0.25, 0.3) is 5.91 Å². The quantitative estimate of drug-likeness (QED) is 0.179. The molecule has 1 aromatic heterocycles. The number of phenols is 1. The number of aromatic nitrogens is 1. The third-order valence-corrected chi connectivity index (χ3v) is 8.68. The van der Waals surface area contributed by atoms with Gasteiger partial charge in [-0.3, -0.25) is 9.59 Å². The molecule has 1 atom stereocenters. The first kappa shape index (κ1) is 27.7. The van der Waals surface area contributed by atoms with E-state index in [0.29, 0.717) is 10.9 Å². The first-order valence-electron chi connectivity index (χ1n) is 11.1. The Bertz CT molecular complexity index is 1710. The Morgan fingerprint density at radius 3 is 2.37 bits per heavy atom. The van der Waals surface area contributed by atoms with Crippen molar-refractivity contribution in [2.45, 2.75) is 24.0 Å². The monoisotopic (exact) mass is 591 g/mol. The van der Waals surface area contributed by atoms with Crippen LogP contribution in [0, 0.1) is 6.92 Å². The molecular formula is C26H20Cl3N3O5S. The topological polar surface area (TPSA) is 125 Å². The number of pyridine rings is 1. The van der Waals surface area contributed by atoms with Gasteiger partial charge in [-0.2, -0.15) is 0 Å². The highest BCUT2D eigenvalue weighted by molar-refractivity contribution is 7.93. The van der Waals surface area contributed by atoms with Crippen molar-refractivity contribution in [3.05, 3.63) is 87.0 Å². The summed E-state index contributed by atoms with van der Waals surface area (Å²) in [5.41, 5.74) is 1.28. The Morgan fingerprint density at radius 2 is 1.63 bits per heavy atom. The number of rotatable bonds is 6. The third-order valence-electron chi connectivity index (χ3n) is 5.75. The lowest BCUT2D eigenvalue weighted by molar-refractivity contribution is -0.115. The molecule has 0 aliphatic rings. The molecule has 0 fully saturated rings. The van der Waals surface area contributed by atoms with Crippen LogP contribution in [0.25, 0.3) is 10.9 Å². The van der Waals surface area contributed by atoms with Gasteiger partial charge in [0.05, 0.1) is 37.4 Å². The van der Waals surface area contributed by atoms with Crippen LogP contribution in [0.2, 0.25) is 15.2 Å². The maximum atomic E-state index is 13.4. The highest BCUT2D eigenvalue weighted by atomic mass is 35.5. The van der Waals surface area contributed by atoms with Crippen LogP contribution in [-0.2, 0) is 14.6 Å². The zero-order valence-electron chi connectivity index (χ0n) is 19.9. The fourth-order valence-corrected chi connectivity index (χ4v) is 5.83. The van der Waals surface area contributed by atoms with Crippen molar-refractivity contribution in [3.8, 4) is 5.75 Å². The predicted octanol–water partition coefficient (Wildman–Crippen LogP) is 6.26. The van der Waals surface area contributed by atoms with Gasteiger partial charge in [0.1, 0.15) is 16.2 Å². The van der Waals surface area contributed by atoms with E-state index >= 15 is 0 Å². The summed E-state index contributed by atoms with van der Waals surface area (Å²) in [7, 11) is -4.20. The van der Waals surface area contributed by atoms with Crippen molar-refractivity contribution < 1.29 is 23.1 Å². The number of phenolic OH excluding ortho intramolecular Hbond substituents is 1. The highest BCUT2D eigenvalue weighted by Crippen LogP contribution is 2.35. The SMILES string of the molecule is Cc1ccc(Cl)c(C(=O)Nc2cc(Cl)c(NC(=O)C(C)S(=O)(=O)c3cc(Cl)nc4ccccc34)cc2O)c1. The minimum Gasteiger partial charge on any atom is -0.506 e. The van der Waals surface area contributed by atoms with Crippen LogP contribution in [0.3, 0.4) is 0 Å². The number of carbonyl (C=O) groups is 2. The molecule has 3 N–H and O–H groups in total. The number of halogens is 3. The van der Waals surface area contributed by atoms with Crippen LogP contribution in [0.15, 0.2) is 65.6 Å².